The average molecular weight is 686 g/mol. The summed E-state index contributed by atoms with van der Waals surface area (Å²) in [6, 6.07) is 33.1. The largest absolute Gasteiger partial charge is 0.452 e. The minimum absolute atomic E-state index is 0.0187. The van der Waals surface area contributed by atoms with Crippen molar-refractivity contribution in [2.45, 2.75) is 30.2 Å². The van der Waals surface area contributed by atoms with Gasteiger partial charge < -0.3 is 29.5 Å². The number of hydrogen-bond acceptors (Lipinski definition) is 12. The van der Waals surface area contributed by atoms with E-state index < -0.39 is 60.4 Å². The molecule has 0 bridgehead atoms. The van der Waals surface area contributed by atoms with Crippen LogP contribution in [0, 0.1) is 0 Å². The number of aliphatic hydroxyl groups excluding tert-OH is 1. The zero-order valence-electron chi connectivity index (χ0n) is 26.9. The molecule has 256 valence electrons. The van der Waals surface area contributed by atoms with Gasteiger partial charge in [0.2, 0.25) is 11.4 Å². The average Bonchev–Trinajstić information content (AvgIpc) is 3.77. The Morgan fingerprint density at radius 3 is 1.80 bits per heavy atom. The van der Waals surface area contributed by atoms with Gasteiger partial charge in [0.1, 0.15) is 24.8 Å². The van der Waals surface area contributed by atoms with Crippen molar-refractivity contribution in [1.82, 2.24) is 10.2 Å². The van der Waals surface area contributed by atoms with Crippen LogP contribution in [0.25, 0.3) is 0 Å². The third kappa shape index (κ3) is 6.43. The van der Waals surface area contributed by atoms with Crippen LogP contribution in [0.3, 0.4) is 0 Å². The van der Waals surface area contributed by atoms with Gasteiger partial charge in [0.25, 0.3) is 5.91 Å². The normalized spacial score (nSPS) is 23.4. The number of benzene rings is 4. The predicted molar refractivity (Wildman–Crippen MR) is 185 cm³/mol. The van der Waals surface area contributed by atoms with Crippen LogP contribution in [-0.2, 0) is 14.2 Å². The lowest BCUT2D eigenvalue weighted by Crippen LogP contribution is -2.63. The lowest BCUT2D eigenvalue weighted by molar-refractivity contribution is -0.0736. The number of carbonyl (C=O) groups excluding carboxylic acids is 4. The summed E-state index contributed by atoms with van der Waals surface area (Å²) in [5.74, 6) is -2.51. The van der Waals surface area contributed by atoms with Gasteiger partial charge in [-0.3, -0.25) is 14.6 Å². The second kappa shape index (κ2) is 14.3. The fraction of sp³-hybridized carbons (Fsp3) is 0.184. The van der Waals surface area contributed by atoms with Crippen molar-refractivity contribution in [2.75, 3.05) is 13.3 Å². The number of aliphatic hydroxyl groups is 1. The molecule has 0 aliphatic carbocycles. The Morgan fingerprint density at radius 1 is 0.745 bits per heavy atom. The Balaban J connectivity index is 1.24. The zero-order valence-corrected chi connectivity index (χ0v) is 26.9. The molecule has 1 saturated heterocycles. The van der Waals surface area contributed by atoms with E-state index in [1.807, 2.05) is 0 Å². The van der Waals surface area contributed by atoms with Crippen LogP contribution >= 0.6 is 0 Å². The highest BCUT2D eigenvalue weighted by Crippen LogP contribution is 2.34. The maximum atomic E-state index is 14.4. The summed E-state index contributed by atoms with van der Waals surface area (Å²) >= 11 is 0. The first-order chi connectivity index (χ1) is 24.9. The molecule has 3 aliphatic heterocycles. The topological polar surface area (TPSA) is 169 Å². The second-order valence-electron chi connectivity index (χ2n) is 11.8. The lowest BCUT2D eigenvalue weighted by Gasteiger charge is -2.35. The number of amides is 1. The summed E-state index contributed by atoms with van der Waals surface area (Å²) in [7, 11) is 0. The van der Waals surface area contributed by atoms with Crippen LogP contribution in [0.2, 0.25) is 0 Å². The highest BCUT2D eigenvalue weighted by Gasteiger charge is 2.57. The maximum Gasteiger partial charge on any atom is 0.338 e. The Bertz CT molecular complexity index is 2020. The number of Topliss-reactive ketones (excluding diaryl/α,β-unsaturated/α-hetero) is 1. The van der Waals surface area contributed by atoms with Crippen molar-refractivity contribution >= 4 is 41.5 Å². The fourth-order valence-corrected chi connectivity index (χ4v) is 6.11. The monoisotopic (exact) mass is 685 g/mol. The number of nitrogens with zero attached hydrogens (tertiary/aromatic N) is 4. The first-order valence-electron chi connectivity index (χ1n) is 16.1. The second-order valence-corrected chi connectivity index (χ2v) is 11.8. The van der Waals surface area contributed by atoms with Crippen LogP contribution in [0.1, 0.15) is 41.4 Å². The van der Waals surface area contributed by atoms with Gasteiger partial charge in [0.05, 0.1) is 17.7 Å². The van der Waals surface area contributed by atoms with Gasteiger partial charge in [-0.25, -0.2) is 19.6 Å². The third-order valence-electron chi connectivity index (χ3n) is 8.61. The highest BCUT2D eigenvalue weighted by molar-refractivity contribution is 6.52. The Kier molecular flexibility index (Phi) is 9.29. The first-order valence-corrected chi connectivity index (χ1v) is 16.1. The molecule has 51 heavy (non-hydrogen) atoms. The minimum atomic E-state index is -2.04. The molecular formula is C38H31N5O8. The Morgan fingerprint density at radius 2 is 1.25 bits per heavy atom. The van der Waals surface area contributed by atoms with Gasteiger partial charge in [-0.05, 0) is 36.4 Å². The van der Waals surface area contributed by atoms with E-state index in [1.54, 1.807) is 121 Å². The van der Waals surface area contributed by atoms with Crippen LogP contribution in [0.4, 0.5) is 0 Å². The molecule has 13 nitrogen and oxygen atoms in total. The van der Waals surface area contributed by atoms with E-state index in [4.69, 9.17) is 14.2 Å². The molecule has 1 fully saturated rings. The summed E-state index contributed by atoms with van der Waals surface area (Å²) in [5.41, 5.74) is -1.01. The van der Waals surface area contributed by atoms with Gasteiger partial charge in [-0.15, -0.1) is 0 Å². The summed E-state index contributed by atoms with van der Waals surface area (Å²) in [4.78, 5) is 69.8. The van der Waals surface area contributed by atoms with E-state index >= 15 is 0 Å². The van der Waals surface area contributed by atoms with Gasteiger partial charge in [0, 0.05) is 11.1 Å². The van der Waals surface area contributed by atoms with Crippen LogP contribution in [0.5, 0.6) is 0 Å². The molecule has 1 unspecified atom stereocenters. The number of amidine groups is 1. The number of carbonyl (C=O) groups is 4. The van der Waals surface area contributed by atoms with Crippen LogP contribution < -0.4 is 5.32 Å². The maximum absolute atomic E-state index is 14.4. The van der Waals surface area contributed by atoms with Crippen molar-refractivity contribution in [1.29, 1.82) is 0 Å². The number of esters is 2. The van der Waals surface area contributed by atoms with Crippen LogP contribution in [-0.4, -0.2) is 95.0 Å². The van der Waals surface area contributed by atoms with Gasteiger partial charge in [-0.2, -0.15) is 0 Å². The number of nitrogens with one attached hydrogen (secondary N) is 1. The Labute approximate surface area is 291 Å². The van der Waals surface area contributed by atoms with Crippen LogP contribution in [0.15, 0.2) is 136 Å². The van der Waals surface area contributed by atoms with E-state index in [9.17, 15) is 24.3 Å². The lowest BCUT2D eigenvalue weighted by atomic mass is 9.91. The summed E-state index contributed by atoms with van der Waals surface area (Å²) < 4.78 is 18.1. The van der Waals surface area contributed by atoms with Gasteiger partial charge in [0.15, 0.2) is 24.3 Å². The molecule has 7 rings (SSSR count). The third-order valence-corrected chi connectivity index (χ3v) is 8.61. The Hall–Kier alpha value is -6.31. The number of ketones is 1. The van der Waals surface area contributed by atoms with Crippen molar-refractivity contribution in [3.8, 4) is 0 Å². The molecule has 13 heteroatoms. The molecule has 0 radical (unpaired) electrons. The minimum Gasteiger partial charge on any atom is -0.452 e. The molecule has 0 aromatic heterocycles. The number of hydrogen-bond donors (Lipinski definition) is 2. The van der Waals surface area contributed by atoms with Crippen molar-refractivity contribution in [2.24, 2.45) is 15.0 Å². The number of rotatable bonds is 10. The SMILES string of the molecule is O=C(NC1(C(=O)c2ccccc2)N=CN=C2C1=NCN2[C@@H]1O[C@H](CO)[C@@H](OC(=O)c2ccccc2)[C@H]1OC(=O)c1ccccc1)c1ccccc1. The standard InChI is InChI=1S/C38H31N5O8/c44-21-28-29(50-36(47)26-17-9-3-10-18-26)30(51-37(48)27-19-11-4-12-20-27)35(49-28)43-23-40-31-33(43)39-22-41-38(31,32(45)24-13-5-1-6-14-24)42-34(46)25-15-7-2-8-16-25/h1-20,22,28-30,35,44H,21,23H2,(H,42,46)/t28-,29-,30-,35-,38?/m1/s1. The van der Waals surface area contributed by atoms with E-state index in [1.165, 1.54) is 4.90 Å². The molecule has 4 aromatic carbocycles. The van der Waals surface area contributed by atoms with Gasteiger partial charge in [-0.1, -0.05) is 84.9 Å². The zero-order chi connectivity index (χ0) is 35.4. The molecule has 3 heterocycles. The highest BCUT2D eigenvalue weighted by atomic mass is 16.6. The number of ether oxygens (including phenoxy) is 3. The summed E-state index contributed by atoms with van der Waals surface area (Å²) in [5, 5.41) is 13.2. The van der Waals surface area contributed by atoms with E-state index in [0.29, 0.717) is 0 Å². The first kappa shape index (κ1) is 33.2. The number of aliphatic imine (C=N–C) groups is 3. The molecule has 3 aliphatic rings. The summed E-state index contributed by atoms with van der Waals surface area (Å²) in [6.45, 7) is -0.772. The molecule has 4 aromatic rings. The van der Waals surface area contributed by atoms with E-state index in [0.717, 1.165) is 6.34 Å². The molecule has 2 N–H and O–H groups in total. The smallest absolute Gasteiger partial charge is 0.338 e. The molecule has 0 spiro atoms. The molecule has 1 amide bonds. The molecule has 5 atom stereocenters. The predicted octanol–water partition coefficient (Wildman–Crippen LogP) is 3.32. The molecular weight excluding hydrogens is 654 g/mol. The molecule has 0 saturated carbocycles. The van der Waals surface area contributed by atoms with E-state index in [-0.39, 0.29) is 40.5 Å². The van der Waals surface area contributed by atoms with Crippen molar-refractivity contribution in [3.05, 3.63) is 144 Å². The van der Waals surface area contributed by atoms with E-state index in [2.05, 4.69) is 20.3 Å². The summed E-state index contributed by atoms with van der Waals surface area (Å²) in [6.07, 6.45) is -3.78. The quantitative estimate of drug-likeness (QED) is 0.188. The van der Waals surface area contributed by atoms with Crippen molar-refractivity contribution in [3.63, 3.8) is 0 Å². The number of fused-ring (bicyclic) bond motifs is 1. The fourth-order valence-electron chi connectivity index (χ4n) is 6.11. The van der Waals surface area contributed by atoms with Crippen molar-refractivity contribution < 1.29 is 38.5 Å². The van der Waals surface area contributed by atoms with Gasteiger partial charge >= 0.3 is 11.9 Å².